The number of hydrogen-bond donors (Lipinski definition) is 0. The number of fused-ring (bicyclic) bond motifs is 6. The molecule has 0 fully saturated rings. The molecule has 0 spiro atoms. The maximum absolute atomic E-state index is 4.69. The Morgan fingerprint density at radius 3 is 2.62 bits per heavy atom. The summed E-state index contributed by atoms with van der Waals surface area (Å²) in [5.74, 6) is 0. The summed E-state index contributed by atoms with van der Waals surface area (Å²) in [6.07, 6.45) is 8.33. The zero-order valence-corrected chi connectivity index (χ0v) is 14.5. The lowest BCUT2D eigenvalue weighted by Gasteiger charge is -1.99. The summed E-state index contributed by atoms with van der Waals surface area (Å²) in [5.41, 5.74) is 3.68. The highest BCUT2D eigenvalue weighted by atomic mass is 32.1. The van der Waals surface area contributed by atoms with Crippen molar-refractivity contribution in [2.45, 2.75) is 0 Å². The molecule has 10 heteroatoms. The summed E-state index contributed by atoms with van der Waals surface area (Å²) in [7, 11) is 0. The first-order valence-corrected chi connectivity index (χ1v) is 9.23. The second kappa shape index (κ2) is 5.13. The van der Waals surface area contributed by atoms with E-state index in [0.29, 0.717) is 11.4 Å². The van der Waals surface area contributed by atoms with Crippen LogP contribution >= 0.6 is 22.7 Å². The largest absolute Gasteiger partial charge is 0.250 e. The molecule has 0 radical (unpaired) electrons. The minimum absolute atomic E-state index is 0.669. The quantitative estimate of drug-likeness (QED) is 0.432. The summed E-state index contributed by atoms with van der Waals surface area (Å²) in [6.45, 7) is 0. The van der Waals surface area contributed by atoms with Crippen molar-refractivity contribution in [1.82, 2.24) is 40.1 Å². The second-order valence-corrected chi connectivity index (χ2v) is 7.52. The molecule has 0 amide bonds. The van der Waals surface area contributed by atoms with Crippen molar-refractivity contribution < 1.29 is 0 Å². The van der Waals surface area contributed by atoms with E-state index in [1.165, 1.54) is 17.7 Å². The monoisotopic (exact) mass is 374 g/mol. The Kier molecular flexibility index (Phi) is 2.76. The van der Waals surface area contributed by atoms with Gasteiger partial charge in [0.2, 0.25) is 0 Å². The molecular formula is C16H6N8S2. The number of thiophene rings is 2. The third-order valence-corrected chi connectivity index (χ3v) is 6.00. The van der Waals surface area contributed by atoms with Crippen molar-refractivity contribution in [3.8, 4) is 11.4 Å². The molecule has 0 aliphatic rings. The van der Waals surface area contributed by atoms with Gasteiger partial charge in [-0.1, -0.05) is 11.3 Å². The van der Waals surface area contributed by atoms with Crippen molar-refractivity contribution in [2.75, 3.05) is 0 Å². The van der Waals surface area contributed by atoms with E-state index in [9.17, 15) is 0 Å². The standard InChI is InChI=1S/C16H6N8S2/c1-2-19-15-12(18-1)13-16(26-15)22-9(5-20-13)8-3-10-11(24-23-8)7-4-17-6-21-14(7)25-10/h1-6H. The maximum atomic E-state index is 4.69. The lowest BCUT2D eigenvalue weighted by atomic mass is 10.2. The van der Waals surface area contributed by atoms with Crippen molar-refractivity contribution in [3.63, 3.8) is 0 Å². The molecule has 0 aromatic carbocycles. The molecule has 6 rings (SSSR count). The van der Waals surface area contributed by atoms with Crippen LogP contribution in [0.5, 0.6) is 0 Å². The summed E-state index contributed by atoms with van der Waals surface area (Å²) in [6, 6.07) is 1.97. The average Bonchev–Trinajstić information content (AvgIpc) is 3.24. The predicted octanol–water partition coefficient (Wildman–Crippen LogP) is 3.25. The third-order valence-electron chi connectivity index (χ3n) is 3.98. The van der Waals surface area contributed by atoms with E-state index in [1.807, 2.05) is 6.07 Å². The van der Waals surface area contributed by atoms with Crippen LogP contribution < -0.4 is 0 Å². The van der Waals surface area contributed by atoms with E-state index in [4.69, 9.17) is 4.98 Å². The molecule has 0 aliphatic carbocycles. The minimum Gasteiger partial charge on any atom is -0.250 e. The van der Waals surface area contributed by atoms with Crippen LogP contribution in [0.25, 0.3) is 52.5 Å². The molecule has 122 valence electrons. The number of nitrogens with zero attached hydrogens (tertiary/aromatic N) is 8. The first kappa shape index (κ1) is 14.0. The van der Waals surface area contributed by atoms with Gasteiger partial charge in [-0.2, -0.15) is 0 Å². The molecule has 0 unspecified atom stereocenters. The van der Waals surface area contributed by atoms with Crippen LogP contribution in [-0.4, -0.2) is 40.1 Å². The van der Waals surface area contributed by atoms with Crippen LogP contribution in [0.15, 0.2) is 37.2 Å². The minimum atomic E-state index is 0.669. The Labute approximate surface area is 152 Å². The Morgan fingerprint density at radius 2 is 1.62 bits per heavy atom. The van der Waals surface area contributed by atoms with Gasteiger partial charge >= 0.3 is 0 Å². The van der Waals surface area contributed by atoms with Crippen LogP contribution in [0.1, 0.15) is 0 Å². The van der Waals surface area contributed by atoms with E-state index >= 15 is 0 Å². The van der Waals surface area contributed by atoms with E-state index < -0.39 is 0 Å². The Hall–Kier alpha value is -3.24. The summed E-state index contributed by atoms with van der Waals surface area (Å²) in [4.78, 5) is 28.7. The van der Waals surface area contributed by atoms with E-state index in [-0.39, 0.29) is 0 Å². The van der Waals surface area contributed by atoms with Crippen LogP contribution in [0.3, 0.4) is 0 Å². The smallest absolute Gasteiger partial charge is 0.146 e. The van der Waals surface area contributed by atoms with Crippen LogP contribution in [0.2, 0.25) is 0 Å². The molecule has 0 N–H and O–H groups in total. The molecule has 0 saturated carbocycles. The average molecular weight is 374 g/mol. The van der Waals surface area contributed by atoms with Gasteiger partial charge in [-0.15, -0.1) is 21.5 Å². The Bertz CT molecular complexity index is 1340. The van der Waals surface area contributed by atoms with Crippen LogP contribution in [0, 0.1) is 0 Å². The molecule has 6 aromatic rings. The fourth-order valence-electron chi connectivity index (χ4n) is 2.81. The number of aromatic nitrogens is 8. The van der Waals surface area contributed by atoms with Crippen molar-refractivity contribution in [1.29, 1.82) is 0 Å². The molecule has 6 aromatic heterocycles. The lowest BCUT2D eigenvalue weighted by molar-refractivity contribution is 1.08. The maximum Gasteiger partial charge on any atom is 0.146 e. The second-order valence-electron chi connectivity index (χ2n) is 5.51. The highest BCUT2D eigenvalue weighted by Crippen LogP contribution is 2.33. The molecule has 6 heterocycles. The molecule has 0 saturated heterocycles. The van der Waals surface area contributed by atoms with Gasteiger partial charge in [0.25, 0.3) is 0 Å². The zero-order valence-electron chi connectivity index (χ0n) is 12.9. The highest BCUT2D eigenvalue weighted by Gasteiger charge is 2.14. The highest BCUT2D eigenvalue weighted by molar-refractivity contribution is 7.25. The summed E-state index contributed by atoms with van der Waals surface area (Å²) in [5, 5.41) is 9.60. The molecule has 8 nitrogen and oxygen atoms in total. The van der Waals surface area contributed by atoms with Gasteiger partial charge in [0.05, 0.1) is 16.3 Å². The SMILES string of the molecule is c1ncc2c(n1)sc1cc(-c3cnc4c(n3)sc3nccnc34)nnc12. The van der Waals surface area contributed by atoms with Crippen molar-refractivity contribution in [2.24, 2.45) is 0 Å². The fourth-order valence-corrected chi connectivity index (χ4v) is 4.73. The van der Waals surface area contributed by atoms with Crippen LogP contribution in [0.4, 0.5) is 0 Å². The predicted molar refractivity (Wildman–Crippen MR) is 100 cm³/mol. The van der Waals surface area contributed by atoms with Gasteiger partial charge in [0.1, 0.15) is 48.8 Å². The normalized spacial score (nSPS) is 11.8. The van der Waals surface area contributed by atoms with Gasteiger partial charge in [0.15, 0.2) is 0 Å². The number of rotatable bonds is 1. The lowest BCUT2D eigenvalue weighted by Crippen LogP contribution is -1.91. The van der Waals surface area contributed by atoms with Gasteiger partial charge in [-0.05, 0) is 6.07 Å². The summed E-state index contributed by atoms with van der Waals surface area (Å²) < 4.78 is 0.993. The van der Waals surface area contributed by atoms with Gasteiger partial charge < -0.3 is 0 Å². The van der Waals surface area contributed by atoms with Crippen LogP contribution in [-0.2, 0) is 0 Å². The molecule has 0 atom stereocenters. The number of hydrogen-bond acceptors (Lipinski definition) is 10. The van der Waals surface area contributed by atoms with Gasteiger partial charge in [0, 0.05) is 18.6 Å². The van der Waals surface area contributed by atoms with Gasteiger partial charge in [-0.3, -0.25) is 0 Å². The Morgan fingerprint density at radius 1 is 0.692 bits per heavy atom. The Balaban J connectivity index is 1.57. The topological polar surface area (TPSA) is 103 Å². The first-order chi connectivity index (χ1) is 12.9. The van der Waals surface area contributed by atoms with E-state index in [1.54, 1.807) is 36.1 Å². The van der Waals surface area contributed by atoms with Gasteiger partial charge in [-0.25, -0.2) is 29.9 Å². The summed E-state index contributed by atoms with van der Waals surface area (Å²) >= 11 is 3.03. The van der Waals surface area contributed by atoms with Crippen molar-refractivity contribution in [3.05, 3.63) is 37.2 Å². The molecular weight excluding hydrogens is 368 g/mol. The van der Waals surface area contributed by atoms with E-state index in [0.717, 1.165) is 41.1 Å². The first-order valence-electron chi connectivity index (χ1n) is 7.59. The molecule has 0 bridgehead atoms. The third kappa shape index (κ3) is 1.93. The molecule has 26 heavy (non-hydrogen) atoms. The molecule has 0 aliphatic heterocycles. The van der Waals surface area contributed by atoms with E-state index in [2.05, 4.69) is 35.1 Å². The van der Waals surface area contributed by atoms with Crippen molar-refractivity contribution >= 4 is 63.8 Å². The fraction of sp³-hybridized carbons (Fsp3) is 0. The zero-order chi connectivity index (χ0) is 17.1.